The van der Waals surface area contributed by atoms with E-state index in [1.165, 1.54) is 33.4 Å². The summed E-state index contributed by atoms with van der Waals surface area (Å²) >= 11 is 7.15. The van der Waals surface area contributed by atoms with E-state index in [1.807, 2.05) is 0 Å². The van der Waals surface area contributed by atoms with Crippen LogP contribution in [0.5, 0.6) is 0 Å². The van der Waals surface area contributed by atoms with Crippen LogP contribution in [0.15, 0.2) is 87.8 Å². The Labute approximate surface area is 217 Å². The third-order valence-corrected chi connectivity index (χ3v) is 8.09. The number of benzene rings is 4. The highest BCUT2D eigenvalue weighted by Gasteiger charge is 2.37. The molecule has 2 unspecified atom stereocenters. The fourth-order valence-electron chi connectivity index (χ4n) is 5.55. The lowest BCUT2D eigenvalue weighted by molar-refractivity contribution is 0.0717. The number of aryl methyl sites for hydroxylation is 2. The van der Waals surface area contributed by atoms with Gasteiger partial charge in [0.25, 0.3) is 0 Å². The Morgan fingerprint density at radius 2 is 1.18 bits per heavy atom. The van der Waals surface area contributed by atoms with Gasteiger partial charge >= 0.3 is 0 Å². The summed E-state index contributed by atoms with van der Waals surface area (Å²) in [6, 6.07) is 28.5. The molecular formula is C30H25Br2NO. The molecule has 4 heteroatoms. The Kier molecular flexibility index (Phi) is 5.63. The fourth-order valence-corrected chi connectivity index (χ4v) is 6.08. The number of ether oxygens (including phenoxy) is 1. The minimum Gasteiger partial charge on any atom is -0.366 e. The summed E-state index contributed by atoms with van der Waals surface area (Å²) in [6.45, 7) is 4.45. The first kappa shape index (κ1) is 22.1. The van der Waals surface area contributed by atoms with Gasteiger partial charge in [-0.15, -0.1) is 0 Å². The zero-order valence-corrected chi connectivity index (χ0v) is 22.4. The lowest BCUT2D eigenvalue weighted by Gasteiger charge is -2.27. The van der Waals surface area contributed by atoms with E-state index in [-0.39, 0.29) is 6.10 Å². The van der Waals surface area contributed by atoms with Gasteiger partial charge < -0.3 is 9.64 Å². The molecule has 0 aromatic heterocycles. The van der Waals surface area contributed by atoms with Gasteiger partial charge in [0, 0.05) is 26.0 Å². The second-order valence-electron chi connectivity index (χ2n) is 9.28. The van der Waals surface area contributed by atoms with E-state index in [2.05, 4.69) is 129 Å². The molecule has 1 fully saturated rings. The van der Waals surface area contributed by atoms with Crippen molar-refractivity contribution >= 4 is 48.9 Å². The molecule has 2 nitrogen and oxygen atoms in total. The van der Waals surface area contributed by atoms with Gasteiger partial charge in [0.15, 0.2) is 0 Å². The molecule has 6 rings (SSSR count). The molecule has 34 heavy (non-hydrogen) atoms. The number of nitrogens with zero attached hydrogens (tertiary/aromatic N) is 1. The Morgan fingerprint density at radius 1 is 0.647 bits per heavy atom. The largest absolute Gasteiger partial charge is 0.366 e. The lowest BCUT2D eigenvalue weighted by Crippen LogP contribution is -2.10. The highest BCUT2D eigenvalue weighted by Crippen LogP contribution is 2.51. The van der Waals surface area contributed by atoms with Gasteiger partial charge in [-0.25, -0.2) is 0 Å². The first-order valence-electron chi connectivity index (χ1n) is 11.7. The highest BCUT2D eigenvalue weighted by molar-refractivity contribution is 9.10. The molecule has 1 saturated heterocycles. The quantitative estimate of drug-likeness (QED) is 0.240. The Bertz CT molecular complexity index is 1310. The van der Waals surface area contributed by atoms with Gasteiger partial charge in [-0.2, -0.15) is 0 Å². The number of hydrogen-bond donors (Lipinski definition) is 0. The van der Waals surface area contributed by atoms with Crippen molar-refractivity contribution in [2.45, 2.75) is 38.9 Å². The zero-order valence-electron chi connectivity index (χ0n) is 19.2. The van der Waals surface area contributed by atoms with Crippen LogP contribution < -0.4 is 4.90 Å². The predicted molar refractivity (Wildman–Crippen MR) is 147 cm³/mol. The first-order valence-corrected chi connectivity index (χ1v) is 13.3. The van der Waals surface area contributed by atoms with Gasteiger partial charge in [-0.05, 0) is 127 Å². The first-order chi connectivity index (χ1) is 16.5. The summed E-state index contributed by atoms with van der Waals surface area (Å²) in [5, 5.41) is 0. The molecular weight excluding hydrogens is 550 g/mol. The summed E-state index contributed by atoms with van der Waals surface area (Å²) < 4.78 is 8.29. The van der Waals surface area contributed by atoms with Crippen molar-refractivity contribution in [3.05, 3.63) is 110 Å². The third kappa shape index (κ3) is 3.82. The number of fused-ring (bicyclic) bond motifs is 5. The van der Waals surface area contributed by atoms with Crippen molar-refractivity contribution in [3.63, 3.8) is 0 Å². The molecule has 4 aromatic rings. The van der Waals surface area contributed by atoms with Crippen LogP contribution in [0.3, 0.4) is 0 Å². The average molecular weight is 575 g/mol. The highest BCUT2D eigenvalue weighted by atomic mass is 79.9. The average Bonchev–Trinajstić information content (AvgIpc) is 3.44. The molecule has 170 valence electrons. The maximum absolute atomic E-state index is 6.15. The molecule has 2 aliphatic rings. The minimum absolute atomic E-state index is 0.283. The van der Waals surface area contributed by atoms with Gasteiger partial charge in [-0.1, -0.05) is 44.0 Å². The molecule has 0 spiro atoms. The summed E-state index contributed by atoms with van der Waals surface area (Å²) in [4.78, 5) is 2.32. The maximum Gasteiger partial charge on any atom is 0.0838 e. The third-order valence-electron chi connectivity index (χ3n) is 7.03. The number of rotatable bonds is 4. The monoisotopic (exact) mass is 573 g/mol. The zero-order chi connectivity index (χ0) is 23.4. The van der Waals surface area contributed by atoms with Crippen molar-refractivity contribution in [2.24, 2.45) is 0 Å². The van der Waals surface area contributed by atoms with Gasteiger partial charge in [0.1, 0.15) is 0 Å². The second-order valence-corrected chi connectivity index (χ2v) is 11.1. The summed E-state index contributed by atoms with van der Waals surface area (Å²) in [7, 11) is 0. The van der Waals surface area contributed by atoms with Gasteiger partial charge in [-0.3, -0.25) is 0 Å². The molecule has 0 saturated carbocycles. The topological polar surface area (TPSA) is 12.5 Å². The van der Waals surface area contributed by atoms with Crippen molar-refractivity contribution in [1.82, 2.24) is 0 Å². The normalized spacial score (nSPS) is 18.2. The molecule has 2 heterocycles. The van der Waals surface area contributed by atoms with E-state index in [9.17, 15) is 0 Å². The van der Waals surface area contributed by atoms with Gasteiger partial charge in [0.05, 0.1) is 12.2 Å². The van der Waals surface area contributed by atoms with E-state index in [4.69, 9.17) is 4.74 Å². The molecule has 2 bridgehead atoms. The van der Waals surface area contributed by atoms with Crippen LogP contribution >= 0.6 is 31.9 Å². The van der Waals surface area contributed by atoms with E-state index in [0.29, 0.717) is 6.10 Å². The van der Waals surface area contributed by atoms with Crippen LogP contribution in [-0.4, -0.2) is 0 Å². The van der Waals surface area contributed by atoms with Crippen LogP contribution in [0.1, 0.15) is 47.3 Å². The fraction of sp³-hybridized carbons (Fsp3) is 0.200. The smallest absolute Gasteiger partial charge is 0.0838 e. The van der Waals surface area contributed by atoms with Crippen LogP contribution in [0.2, 0.25) is 0 Å². The molecule has 0 radical (unpaired) electrons. The van der Waals surface area contributed by atoms with Crippen molar-refractivity contribution in [3.8, 4) is 11.1 Å². The van der Waals surface area contributed by atoms with Crippen molar-refractivity contribution < 1.29 is 4.74 Å². The molecule has 0 N–H and O–H groups in total. The Hall–Kier alpha value is -2.40. The predicted octanol–water partition coefficient (Wildman–Crippen LogP) is 9.87. The van der Waals surface area contributed by atoms with E-state index >= 15 is 0 Å². The van der Waals surface area contributed by atoms with Gasteiger partial charge in [0.2, 0.25) is 0 Å². The SMILES string of the molecule is Cc1cc(N(c2ccc(Br)cc2)c2ccc(Br)cc2)cc(C)c1-c1ccc2c(c1)C1CCC2O1. The van der Waals surface area contributed by atoms with Crippen molar-refractivity contribution in [1.29, 1.82) is 0 Å². The summed E-state index contributed by atoms with van der Waals surface area (Å²) in [6.07, 6.45) is 2.90. The Balaban J connectivity index is 1.45. The van der Waals surface area contributed by atoms with Crippen LogP contribution in [0, 0.1) is 13.8 Å². The lowest BCUT2D eigenvalue weighted by atomic mass is 9.87. The molecule has 2 aliphatic heterocycles. The molecule has 0 amide bonds. The molecule has 4 aromatic carbocycles. The van der Waals surface area contributed by atoms with Crippen LogP contribution in [0.4, 0.5) is 17.1 Å². The maximum atomic E-state index is 6.15. The van der Waals surface area contributed by atoms with Crippen molar-refractivity contribution in [2.75, 3.05) is 4.90 Å². The van der Waals surface area contributed by atoms with E-state index in [1.54, 1.807) is 0 Å². The second kappa shape index (κ2) is 8.67. The number of halogens is 2. The Morgan fingerprint density at radius 3 is 1.74 bits per heavy atom. The summed E-state index contributed by atoms with van der Waals surface area (Å²) in [5.74, 6) is 0. The van der Waals surface area contributed by atoms with Crippen LogP contribution in [0.25, 0.3) is 11.1 Å². The molecule has 2 atom stereocenters. The van der Waals surface area contributed by atoms with Crippen LogP contribution in [-0.2, 0) is 4.74 Å². The number of hydrogen-bond acceptors (Lipinski definition) is 2. The van der Waals surface area contributed by atoms with E-state index in [0.717, 1.165) is 38.8 Å². The number of anilines is 3. The summed E-state index contributed by atoms with van der Waals surface area (Å²) in [5.41, 5.74) is 11.4. The molecule has 0 aliphatic carbocycles. The standard InChI is InChI=1S/C30H25Br2NO/c1-18-15-25(33(23-8-4-21(31)5-9-23)24-10-6-22(32)7-11-24)16-19(2)30(18)20-3-12-26-27(17-20)29-14-13-28(26)34-29/h3-12,15-17,28-29H,13-14H2,1-2H3. The van der Waals surface area contributed by atoms with E-state index < -0.39 is 0 Å². The minimum atomic E-state index is 0.283.